The lowest BCUT2D eigenvalue weighted by molar-refractivity contribution is 0.606. The van der Waals surface area contributed by atoms with Crippen LogP contribution in [0.2, 0.25) is 0 Å². The Bertz CT molecular complexity index is 1720. The summed E-state index contributed by atoms with van der Waals surface area (Å²) in [4.78, 5) is 0.0272. The molecule has 0 bridgehead atoms. The van der Waals surface area contributed by atoms with Crippen LogP contribution in [0.4, 0.5) is 0 Å². The highest BCUT2D eigenvalue weighted by Crippen LogP contribution is 2.57. The van der Waals surface area contributed by atoms with Crippen molar-refractivity contribution < 1.29 is 16.8 Å². The Morgan fingerprint density at radius 1 is 0.600 bits per heavy atom. The zero-order valence-corrected chi connectivity index (χ0v) is 17.9. The van der Waals surface area contributed by atoms with Crippen molar-refractivity contribution in [3.63, 3.8) is 0 Å². The molecule has 4 aromatic rings. The molecule has 0 unspecified atom stereocenters. The first-order valence-electron chi connectivity index (χ1n) is 9.53. The predicted molar refractivity (Wildman–Crippen MR) is 119 cm³/mol. The molecule has 30 heavy (non-hydrogen) atoms. The Morgan fingerprint density at radius 3 is 1.87 bits per heavy atom. The standard InChI is InChI=1S/C24H16O4S2/c1-13-3-5-15-8-10-20-21(18(15)11-13)24-23(29(20,25)26)17-9-7-16-6-4-14(2)12-19(16)22(17)30(24,27)28/h3-12H,1-2H3. The number of fused-ring (bicyclic) bond motifs is 8. The van der Waals surface area contributed by atoms with Crippen molar-refractivity contribution in [2.45, 2.75) is 23.6 Å². The Labute approximate surface area is 174 Å². The topological polar surface area (TPSA) is 68.3 Å². The Hall–Kier alpha value is -2.96. The second kappa shape index (κ2) is 5.39. The average Bonchev–Trinajstić information content (AvgIpc) is 3.09. The predicted octanol–water partition coefficient (Wildman–Crippen LogP) is 5.01. The number of sulfone groups is 2. The van der Waals surface area contributed by atoms with Crippen LogP contribution in [0.15, 0.2) is 70.5 Å². The van der Waals surface area contributed by atoms with Crippen molar-refractivity contribution in [2.75, 3.05) is 0 Å². The van der Waals surface area contributed by atoms with Gasteiger partial charge in [0.15, 0.2) is 0 Å². The normalized spacial score (nSPS) is 17.9. The van der Waals surface area contributed by atoms with Gasteiger partial charge in [-0.15, -0.1) is 0 Å². The van der Waals surface area contributed by atoms with E-state index in [9.17, 15) is 16.8 Å². The Balaban J connectivity index is 1.83. The van der Waals surface area contributed by atoms with Crippen molar-refractivity contribution in [2.24, 2.45) is 0 Å². The van der Waals surface area contributed by atoms with Crippen molar-refractivity contribution in [1.29, 1.82) is 0 Å². The molecule has 0 fully saturated rings. The average molecular weight is 433 g/mol. The zero-order valence-electron chi connectivity index (χ0n) is 16.2. The summed E-state index contributed by atoms with van der Waals surface area (Å²) in [6.07, 6.45) is 0. The van der Waals surface area contributed by atoms with Crippen LogP contribution in [0.5, 0.6) is 0 Å². The third-order valence-corrected chi connectivity index (χ3v) is 9.97. The largest absolute Gasteiger partial charge is 0.218 e. The lowest BCUT2D eigenvalue weighted by Crippen LogP contribution is -2.05. The number of hydrogen-bond donors (Lipinski definition) is 0. The van der Waals surface area contributed by atoms with Crippen LogP contribution in [0.1, 0.15) is 22.3 Å². The molecular formula is C24H16O4S2. The first-order valence-corrected chi connectivity index (χ1v) is 12.5. The Morgan fingerprint density at radius 2 is 1.17 bits per heavy atom. The fraction of sp³-hybridized carbons (Fsp3) is 0.0833. The molecule has 0 radical (unpaired) electrons. The van der Waals surface area contributed by atoms with Gasteiger partial charge in [0.1, 0.15) is 4.91 Å². The molecule has 0 aliphatic carbocycles. The molecule has 2 heterocycles. The minimum absolute atomic E-state index is 0.0716. The maximum absolute atomic E-state index is 13.8. The minimum Gasteiger partial charge on any atom is -0.218 e. The van der Waals surface area contributed by atoms with E-state index in [1.54, 1.807) is 18.2 Å². The van der Waals surface area contributed by atoms with E-state index < -0.39 is 19.7 Å². The van der Waals surface area contributed by atoms with E-state index in [0.717, 1.165) is 21.9 Å². The maximum atomic E-state index is 13.8. The van der Waals surface area contributed by atoms with E-state index in [4.69, 9.17) is 0 Å². The molecule has 0 N–H and O–H groups in total. The highest BCUT2D eigenvalue weighted by molar-refractivity contribution is 8.08. The summed E-state index contributed by atoms with van der Waals surface area (Å²) in [5.74, 6) is 0. The molecule has 4 aromatic carbocycles. The van der Waals surface area contributed by atoms with Gasteiger partial charge in [0.25, 0.3) is 0 Å². The smallest absolute Gasteiger partial charge is 0.209 e. The summed E-state index contributed by atoms with van der Waals surface area (Å²) in [6.45, 7) is 3.80. The van der Waals surface area contributed by atoms with Crippen LogP contribution in [0.3, 0.4) is 0 Å². The fourth-order valence-electron chi connectivity index (χ4n) is 4.72. The summed E-state index contributed by atoms with van der Waals surface area (Å²) in [6, 6.07) is 18.0. The van der Waals surface area contributed by atoms with E-state index in [0.29, 0.717) is 16.3 Å². The Kier molecular flexibility index (Phi) is 3.21. The highest BCUT2D eigenvalue weighted by atomic mass is 32.2. The molecule has 0 spiro atoms. The van der Waals surface area contributed by atoms with Gasteiger partial charge in [0.2, 0.25) is 19.7 Å². The van der Waals surface area contributed by atoms with Crippen LogP contribution < -0.4 is 0 Å². The van der Waals surface area contributed by atoms with Crippen LogP contribution in [0.25, 0.3) is 31.4 Å². The van der Waals surface area contributed by atoms with Gasteiger partial charge in [-0.3, -0.25) is 0 Å². The van der Waals surface area contributed by atoms with Crippen LogP contribution in [0, 0.1) is 13.8 Å². The summed E-state index contributed by atoms with van der Waals surface area (Å²) < 4.78 is 54.7. The summed E-state index contributed by atoms with van der Waals surface area (Å²) in [5.41, 5.74) is 2.45. The fourth-order valence-corrected chi connectivity index (χ4v) is 9.23. The molecule has 0 aromatic heterocycles. The van der Waals surface area contributed by atoms with Gasteiger partial charge in [-0.1, -0.05) is 65.7 Å². The highest BCUT2D eigenvalue weighted by Gasteiger charge is 2.50. The second-order valence-electron chi connectivity index (χ2n) is 8.00. The zero-order chi connectivity index (χ0) is 21.0. The third kappa shape index (κ3) is 2.00. The molecule has 0 saturated carbocycles. The lowest BCUT2D eigenvalue weighted by Gasteiger charge is -2.13. The van der Waals surface area contributed by atoms with Crippen molar-refractivity contribution in [1.82, 2.24) is 0 Å². The molecular weight excluding hydrogens is 416 g/mol. The van der Waals surface area contributed by atoms with Gasteiger partial charge in [0.05, 0.1) is 14.7 Å². The summed E-state index contributed by atoms with van der Waals surface area (Å²) in [7, 11) is -7.97. The van der Waals surface area contributed by atoms with E-state index in [1.807, 2.05) is 50.2 Å². The summed E-state index contributed by atoms with van der Waals surface area (Å²) >= 11 is 0. The van der Waals surface area contributed by atoms with E-state index in [-0.39, 0.29) is 25.2 Å². The van der Waals surface area contributed by atoms with Crippen molar-refractivity contribution in [3.05, 3.63) is 82.9 Å². The molecule has 6 rings (SSSR count). The van der Waals surface area contributed by atoms with Gasteiger partial charge in [-0.2, -0.15) is 0 Å². The monoisotopic (exact) mass is 432 g/mol. The lowest BCUT2D eigenvalue weighted by atomic mass is 10.0. The number of rotatable bonds is 0. The van der Waals surface area contributed by atoms with Crippen molar-refractivity contribution in [3.8, 4) is 0 Å². The molecule has 6 heteroatoms. The minimum atomic E-state index is -4.01. The number of benzene rings is 4. The maximum Gasteiger partial charge on any atom is 0.209 e. The molecule has 2 aliphatic heterocycles. The van der Waals surface area contributed by atoms with Gasteiger partial charge >= 0.3 is 0 Å². The van der Waals surface area contributed by atoms with Gasteiger partial charge in [-0.05, 0) is 36.1 Å². The van der Waals surface area contributed by atoms with Crippen LogP contribution >= 0.6 is 0 Å². The SMILES string of the molecule is Cc1ccc2ccc3c(c2c1)C1=C(c2ccc4ccc(C)cc4c2S1(=O)=O)S3(=O)=O. The molecule has 0 saturated heterocycles. The third-order valence-electron chi connectivity index (χ3n) is 6.04. The number of aryl methyl sites for hydroxylation is 2. The van der Waals surface area contributed by atoms with E-state index in [1.165, 1.54) is 6.07 Å². The van der Waals surface area contributed by atoms with Crippen molar-refractivity contribution >= 4 is 51.0 Å². The van der Waals surface area contributed by atoms with Crippen LogP contribution in [-0.4, -0.2) is 16.8 Å². The molecule has 148 valence electrons. The van der Waals surface area contributed by atoms with Gasteiger partial charge < -0.3 is 0 Å². The van der Waals surface area contributed by atoms with E-state index >= 15 is 0 Å². The summed E-state index contributed by atoms with van der Waals surface area (Å²) in [5, 5.41) is 2.80. The molecule has 0 amide bonds. The second-order valence-corrected chi connectivity index (χ2v) is 11.7. The quantitative estimate of drug-likeness (QED) is 0.392. The molecule has 2 aliphatic rings. The van der Waals surface area contributed by atoms with E-state index in [2.05, 4.69) is 0 Å². The molecule has 0 atom stereocenters. The molecule has 4 nitrogen and oxygen atoms in total. The van der Waals surface area contributed by atoms with Crippen LogP contribution in [-0.2, 0) is 19.7 Å². The first-order chi connectivity index (χ1) is 14.2. The van der Waals surface area contributed by atoms with Gasteiger partial charge in [-0.25, -0.2) is 16.8 Å². The first kappa shape index (κ1) is 17.9. The number of hydrogen-bond acceptors (Lipinski definition) is 4. The van der Waals surface area contributed by atoms with Gasteiger partial charge in [0, 0.05) is 16.5 Å².